The molecule has 1 heterocycles. The maximum Gasteiger partial charge on any atom is 0.0895 e. The zero-order valence-corrected chi connectivity index (χ0v) is 12.6. The van der Waals surface area contributed by atoms with Crippen LogP contribution in [0.5, 0.6) is 0 Å². The lowest BCUT2D eigenvalue weighted by molar-refractivity contribution is 0.463. The standard InChI is InChI=1S/C16H15ClFNS/c17-12-7-8-16-14(11-12)19(10-4-3-9-18)13-5-1-2-6-15(13)20-16/h1-2,5-8,11H,3-4,9-10H2. The number of alkyl halides is 1. The molecule has 0 N–H and O–H groups in total. The molecule has 1 aliphatic rings. The molecule has 3 rings (SSSR count). The second-order valence-corrected chi connectivity index (χ2v) is 6.25. The smallest absolute Gasteiger partial charge is 0.0895 e. The van der Waals surface area contributed by atoms with Crippen molar-refractivity contribution in [3.63, 3.8) is 0 Å². The van der Waals surface area contributed by atoms with Crippen molar-refractivity contribution >= 4 is 34.7 Å². The molecular formula is C16H15ClFNS. The van der Waals surface area contributed by atoms with Gasteiger partial charge in [0.2, 0.25) is 0 Å². The van der Waals surface area contributed by atoms with Crippen molar-refractivity contribution < 1.29 is 4.39 Å². The van der Waals surface area contributed by atoms with Gasteiger partial charge in [0, 0.05) is 21.4 Å². The summed E-state index contributed by atoms with van der Waals surface area (Å²) in [6, 6.07) is 14.3. The lowest BCUT2D eigenvalue weighted by Gasteiger charge is -2.32. The van der Waals surface area contributed by atoms with Gasteiger partial charge in [-0.05, 0) is 43.2 Å². The predicted octanol–water partition coefficient (Wildman–Crippen LogP) is 5.69. The molecule has 0 amide bonds. The second-order valence-electron chi connectivity index (χ2n) is 4.73. The molecule has 0 aliphatic carbocycles. The minimum atomic E-state index is -0.257. The Bertz CT molecular complexity index is 617. The van der Waals surface area contributed by atoms with Crippen LogP contribution in [-0.2, 0) is 0 Å². The summed E-state index contributed by atoms with van der Waals surface area (Å²) in [5.41, 5.74) is 2.31. The Hall–Kier alpha value is -1.19. The summed E-state index contributed by atoms with van der Waals surface area (Å²) in [4.78, 5) is 4.69. The summed E-state index contributed by atoms with van der Waals surface area (Å²) < 4.78 is 12.4. The van der Waals surface area contributed by atoms with Gasteiger partial charge in [0.25, 0.3) is 0 Å². The minimum absolute atomic E-state index is 0.257. The van der Waals surface area contributed by atoms with Gasteiger partial charge in [-0.15, -0.1) is 0 Å². The molecule has 4 heteroatoms. The van der Waals surface area contributed by atoms with E-state index in [-0.39, 0.29) is 6.67 Å². The van der Waals surface area contributed by atoms with E-state index in [2.05, 4.69) is 23.1 Å². The van der Waals surface area contributed by atoms with Gasteiger partial charge in [0.15, 0.2) is 0 Å². The highest BCUT2D eigenvalue weighted by molar-refractivity contribution is 7.99. The van der Waals surface area contributed by atoms with Crippen LogP contribution in [0.3, 0.4) is 0 Å². The topological polar surface area (TPSA) is 3.24 Å². The molecule has 1 nitrogen and oxygen atoms in total. The molecule has 1 aliphatic heterocycles. The van der Waals surface area contributed by atoms with Crippen molar-refractivity contribution in [3.05, 3.63) is 47.5 Å². The van der Waals surface area contributed by atoms with Crippen LogP contribution in [0.4, 0.5) is 15.8 Å². The molecule has 2 aromatic rings. The minimum Gasteiger partial charge on any atom is -0.340 e. The number of halogens is 2. The van der Waals surface area contributed by atoms with Gasteiger partial charge in [-0.1, -0.05) is 35.5 Å². The van der Waals surface area contributed by atoms with Gasteiger partial charge in [-0.3, -0.25) is 4.39 Å². The Kier molecular flexibility index (Phi) is 4.18. The molecule has 0 fully saturated rings. The normalized spacial score (nSPS) is 13.0. The Morgan fingerprint density at radius 1 is 1.00 bits per heavy atom. The SMILES string of the molecule is FCCCCN1c2ccccc2Sc2ccc(Cl)cc21. The van der Waals surface area contributed by atoms with E-state index in [1.54, 1.807) is 11.8 Å². The quantitative estimate of drug-likeness (QED) is 0.667. The van der Waals surface area contributed by atoms with Crippen LogP contribution < -0.4 is 4.90 Å². The summed E-state index contributed by atoms with van der Waals surface area (Å²) in [5.74, 6) is 0. The number of nitrogens with zero attached hydrogens (tertiary/aromatic N) is 1. The van der Waals surface area contributed by atoms with Crippen LogP contribution in [0.2, 0.25) is 5.02 Å². The first kappa shape index (κ1) is 13.8. The fraction of sp³-hybridized carbons (Fsp3) is 0.250. The summed E-state index contributed by atoms with van der Waals surface area (Å²) in [5, 5.41) is 0.735. The molecule has 0 saturated heterocycles. The number of fused-ring (bicyclic) bond motifs is 2. The lowest BCUT2D eigenvalue weighted by atomic mass is 10.2. The van der Waals surface area contributed by atoms with E-state index in [9.17, 15) is 4.39 Å². The second kappa shape index (κ2) is 6.06. The number of hydrogen-bond donors (Lipinski definition) is 0. The number of benzene rings is 2. The average molecular weight is 308 g/mol. The maximum atomic E-state index is 12.4. The molecule has 20 heavy (non-hydrogen) atoms. The van der Waals surface area contributed by atoms with E-state index >= 15 is 0 Å². The van der Waals surface area contributed by atoms with E-state index in [1.807, 2.05) is 24.3 Å². The van der Waals surface area contributed by atoms with Crippen LogP contribution in [0.15, 0.2) is 52.3 Å². The first-order valence-corrected chi connectivity index (χ1v) is 7.89. The first-order chi connectivity index (χ1) is 9.79. The number of anilines is 2. The molecule has 0 unspecified atom stereocenters. The van der Waals surface area contributed by atoms with Crippen LogP contribution in [0.25, 0.3) is 0 Å². The monoisotopic (exact) mass is 307 g/mol. The fourth-order valence-corrected chi connectivity index (χ4v) is 3.65. The van der Waals surface area contributed by atoms with E-state index in [1.165, 1.54) is 15.5 Å². The number of rotatable bonds is 4. The molecule has 0 radical (unpaired) electrons. The fourth-order valence-electron chi connectivity index (χ4n) is 2.41. The molecule has 104 valence electrons. The van der Waals surface area contributed by atoms with Gasteiger partial charge < -0.3 is 4.90 Å². The Morgan fingerprint density at radius 3 is 2.65 bits per heavy atom. The van der Waals surface area contributed by atoms with Crippen LogP contribution in [0.1, 0.15) is 12.8 Å². The van der Waals surface area contributed by atoms with Gasteiger partial charge in [-0.25, -0.2) is 0 Å². The molecule has 0 bridgehead atoms. The third kappa shape index (κ3) is 2.65. The summed E-state index contributed by atoms with van der Waals surface area (Å²) in [6.45, 7) is 0.557. The molecule has 2 aromatic carbocycles. The number of para-hydroxylation sites is 1. The van der Waals surface area contributed by atoms with Gasteiger partial charge >= 0.3 is 0 Å². The van der Waals surface area contributed by atoms with Crippen molar-refractivity contribution in [3.8, 4) is 0 Å². The number of unbranched alkanes of at least 4 members (excludes halogenated alkanes) is 1. The van der Waals surface area contributed by atoms with Crippen molar-refractivity contribution in [1.29, 1.82) is 0 Å². The van der Waals surface area contributed by atoms with Crippen molar-refractivity contribution in [1.82, 2.24) is 0 Å². The highest BCUT2D eigenvalue weighted by Crippen LogP contribution is 2.48. The highest BCUT2D eigenvalue weighted by atomic mass is 35.5. The average Bonchev–Trinajstić information content (AvgIpc) is 2.47. The number of hydrogen-bond acceptors (Lipinski definition) is 2. The third-order valence-corrected chi connectivity index (χ3v) is 4.72. The van der Waals surface area contributed by atoms with Gasteiger partial charge in [0.05, 0.1) is 18.0 Å². The summed E-state index contributed by atoms with van der Waals surface area (Å²) in [7, 11) is 0. The molecular weight excluding hydrogens is 293 g/mol. The largest absolute Gasteiger partial charge is 0.340 e. The van der Waals surface area contributed by atoms with E-state index in [4.69, 9.17) is 11.6 Å². The van der Waals surface area contributed by atoms with Crippen LogP contribution in [0, 0.1) is 0 Å². The highest BCUT2D eigenvalue weighted by Gasteiger charge is 2.22. The van der Waals surface area contributed by atoms with Gasteiger partial charge in [0.1, 0.15) is 0 Å². The van der Waals surface area contributed by atoms with E-state index in [0.717, 1.165) is 23.7 Å². The van der Waals surface area contributed by atoms with Crippen molar-refractivity contribution in [2.24, 2.45) is 0 Å². The van der Waals surface area contributed by atoms with Crippen LogP contribution >= 0.6 is 23.4 Å². The molecule has 0 atom stereocenters. The zero-order valence-electron chi connectivity index (χ0n) is 11.0. The summed E-state index contributed by atoms with van der Waals surface area (Å²) in [6.07, 6.45) is 1.43. The van der Waals surface area contributed by atoms with E-state index < -0.39 is 0 Å². The lowest BCUT2D eigenvalue weighted by Crippen LogP contribution is -2.22. The Labute approximate surface area is 127 Å². The Morgan fingerprint density at radius 2 is 1.80 bits per heavy atom. The molecule has 0 saturated carbocycles. The molecule has 0 aromatic heterocycles. The Balaban J connectivity index is 1.99. The maximum absolute atomic E-state index is 12.4. The van der Waals surface area contributed by atoms with E-state index in [0.29, 0.717) is 6.42 Å². The summed E-state index contributed by atoms with van der Waals surface area (Å²) >= 11 is 7.89. The van der Waals surface area contributed by atoms with Crippen molar-refractivity contribution in [2.75, 3.05) is 18.1 Å². The first-order valence-electron chi connectivity index (χ1n) is 6.69. The predicted molar refractivity (Wildman–Crippen MR) is 84.2 cm³/mol. The molecule has 0 spiro atoms. The zero-order chi connectivity index (χ0) is 13.9. The van der Waals surface area contributed by atoms with Crippen molar-refractivity contribution in [2.45, 2.75) is 22.6 Å². The van der Waals surface area contributed by atoms with Crippen LogP contribution in [-0.4, -0.2) is 13.2 Å². The van der Waals surface area contributed by atoms with Gasteiger partial charge in [-0.2, -0.15) is 0 Å². The third-order valence-electron chi connectivity index (χ3n) is 3.35.